The van der Waals surface area contributed by atoms with Crippen LogP contribution in [0.2, 0.25) is 0 Å². The molecule has 2 aromatic carbocycles. The standard InChI is InChI=1S/C15H15N3O/c1-11-4-2-3-5-13(11)10-17-18-15(19)12-6-8-14(16)9-7-12/h2-10H,16H2,1H3,(H,18,19)/b17-10+. The number of carbonyl (C=O) groups excluding carboxylic acids is 1. The van der Waals surface area contributed by atoms with Crippen LogP contribution in [0.4, 0.5) is 5.69 Å². The third-order valence-corrected chi connectivity index (χ3v) is 2.73. The van der Waals surface area contributed by atoms with E-state index in [0.29, 0.717) is 11.3 Å². The zero-order valence-corrected chi connectivity index (χ0v) is 10.6. The highest BCUT2D eigenvalue weighted by Gasteiger charge is 2.02. The fraction of sp³-hybridized carbons (Fsp3) is 0.0667. The highest BCUT2D eigenvalue weighted by molar-refractivity contribution is 5.95. The van der Waals surface area contributed by atoms with E-state index in [1.54, 1.807) is 30.5 Å². The minimum Gasteiger partial charge on any atom is -0.399 e. The summed E-state index contributed by atoms with van der Waals surface area (Å²) in [6, 6.07) is 14.5. The van der Waals surface area contributed by atoms with Crippen LogP contribution < -0.4 is 11.2 Å². The molecule has 3 N–H and O–H groups in total. The molecule has 0 fully saturated rings. The lowest BCUT2D eigenvalue weighted by molar-refractivity contribution is 0.0955. The number of hydrogen-bond donors (Lipinski definition) is 2. The number of anilines is 1. The number of aryl methyl sites for hydroxylation is 1. The molecule has 0 aromatic heterocycles. The molecular weight excluding hydrogens is 238 g/mol. The van der Waals surface area contributed by atoms with Crippen molar-refractivity contribution in [2.45, 2.75) is 6.92 Å². The molecule has 2 rings (SSSR count). The summed E-state index contributed by atoms with van der Waals surface area (Å²) in [4.78, 5) is 11.8. The van der Waals surface area contributed by atoms with Crippen LogP contribution in [0.5, 0.6) is 0 Å². The number of carbonyl (C=O) groups is 1. The molecule has 0 radical (unpaired) electrons. The summed E-state index contributed by atoms with van der Waals surface area (Å²) < 4.78 is 0. The molecule has 0 saturated carbocycles. The Balaban J connectivity index is 2.01. The Kier molecular flexibility index (Phi) is 3.93. The lowest BCUT2D eigenvalue weighted by Crippen LogP contribution is -2.17. The van der Waals surface area contributed by atoms with Gasteiger partial charge in [0.2, 0.25) is 0 Å². The van der Waals surface area contributed by atoms with E-state index in [4.69, 9.17) is 5.73 Å². The molecule has 0 unspecified atom stereocenters. The number of hydrazone groups is 1. The average Bonchev–Trinajstić information content (AvgIpc) is 2.41. The van der Waals surface area contributed by atoms with Crippen molar-refractivity contribution in [1.82, 2.24) is 5.43 Å². The van der Waals surface area contributed by atoms with Crippen LogP contribution in [-0.4, -0.2) is 12.1 Å². The highest BCUT2D eigenvalue weighted by atomic mass is 16.2. The number of hydrogen-bond acceptors (Lipinski definition) is 3. The summed E-state index contributed by atoms with van der Waals surface area (Å²) in [5.41, 5.74) is 11.3. The largest absolute Gasteiger partial charge is 0.399 e. The minimum absolute atomic E-state index is 0.259. The summed E-state index contributed by atoms with van der Waals surface area (Å²) in [6.45, 7) is 1.99. The second-order valence-corrected chi connectivity index (χ2v) is 4.18. The lowest BCUT2D eigenvalue weighted by Gasteiger charge is -2.01. The number of benzene rings is 2. The number of amides is 1. The van der Waals surface area contributed by atoms with E-state index in [2.05, 4.69) is 10.5 Å². The molecule has 0 atom stereocenters. The average molecular weight is 253 g/mol. The first-order chi connectivity index (χ1) is 9.16. The molecule has 96 valence electrons. The second kappa shape index (κ2) is 5.82. The summed E-state index contributed by atoms with van der Waals surface area (Å²) in [7, 11) is 0. The predicted octanol–water partition coefficient (Wildman–Crippen LogP) is 2.34. The van der Waals surface area contributed by atoms with E-state index in [1.165, 1.54) is 0 Å². The zero-order valence-electron chi connectivity index (χ0n) is 10.6. The summed E-state index contributed by atoms with van der Waals surface area (Å²) in [5.74, 6) is -0.259. The molecule has 0 bridgehead atoms. The van der Waals surface area contributed by atoms with Crippen LogP contribution >= 0.6 is 0 Å². The van der Waals surface area contributed by atoms with Gasteiger partial charge in [0.1, 0.15) is 0 Å². The molecule has 2 aromatic rings. The molecule has 0 aliphatic rings. The van der Waals surface area contributed by atoms with Crippen LogP contribution in [0.1, 0.15) is 21.5 Å². The first-order valence-electron chi connectivity index (χ1n) is 5.91. The smallest absolute Gasteiger partial charge is 0.271 e. The van der Waals surface area contributed by atoms with Gasteiger partial charge in [-0.25, -0.2) is 5.43 Å². The van der Waals surface area contributed by atoms with Gasteiger partial charge in [-0.3, -0.25) is 4.79 Å². The van der Waals surface area contributed by atoms with E-state index in [9.17, 15) is 4.79 Å². The normalized spacial score (nSPS) is 10.6. The van der Waals surface area contributed by atoms with Gasteiger partial charge in [-0.2, -0.15) is 5.10 Å². The molecule has 4 heteroatoms. The topological polar surface area (TPSA) is 67.5 Å². The Labute approximate surface area is 112 Å². The molecule has 4 nitrogen and oxygen atoms in total. The van der Waals surface area contributed by atoms with Crippen molar-refractivity contribution in [1.29, 1.82) is 0 Å². The van der Waals surface area contributed by atoms with Crippen LogP contribution in [0.15, 0.2) is 53.6 Å². The summed E-state index contributed by atoms with van der Waals surface area (Å²) >= 11 is 0. The van der Waals surface area contributed by atoms with Crippen molar-refractivity contribution < 1.29 is 4.79 Å². The zero-order chi connectivity index (χ0) is 13.7. The van der Waals surface area contributed by atoms with Gasteiger partial charge in [-0.1, -0.05) is 24.3 Å². The summed E-state index contributed by atoms with van der Waals surface area (Å²) in [6.07, 6.45) is 1.63. The SMILES string of the molecule is Cc1ccccc1/C=N/NC(=O)c1ccc(N)cc1. The van der Waals surface area contributed by atoms with Crippen LogP contribution in [0.3, 0.4) is 0 Å². The van der Waals surface area contributed by atoms with Crippen LogP contribution in [0.25, 0.3) is 0 Å². The summed E-state index contributed by atoms with van der Waals surface area (Å²) in [5, 5.41) is 3.95. The Morgan fingerprint density at radius 2 is 1.84 bits per heavy atom. The van der Waals surface area contributed by atoms with Gasteiger partial charge in [0.25, 0.3) is 5.91 Å². The van der Waals surface area contributed by atoms with E-state index in [1.807, 2.05) is 31.2 Å². The first kappa shape index (κ1) is 12.8. The molecule has 0 heterocycles. The fourth-order valence-corrected chi connectivity index (χ4v) is 1.59. The first-order valence-corrected chi connectivity index (χ1v) is 5.91. The van der Waals surface area contributed by atoms with Gasteiger partial charge in [0.15, 0.2) is 0 Å². The predicted molar refractivity (Wildman–Crippen MR) is 77.1 cm³/mol. The lowest BCUT2D eigenvalue weighted by atomic mass is 10.1. The third-order valence-electron chi connectivity index (χ3n) is 2.73. The number of nitrogens with two attached hydrogens (primary N) is 1. The van der Waals surface area contributed by atoms with Crippen molar-refractivity contribution in [2.24, 2.45) is 5.10 Å². The van der Waals surface area contributed by atoms with Crippen LogP contribution in [0, 0.1) is 6.92 Å². The molecule has 19 heavy (non-hydrogen) atoms. The monoisotopic (exact) mass is 253 g/mol. The van der Waals surface area contributed by atoms with Gasteiger partial charge in [0, 0.05) is 11.3 Å². The van der Waals surface area contributed by atoms with Gasteiger partial charge in [0.05, 0.1) is 6.21 Å². The highest BCUT2D eigenvalue weighted by Crippen LogP contribution is 2.05. The Hall–Kier alpha value is -2.62. The van der Waals surface area contributed by atoms with Crippen molar-refractivity contribution in [3.8, 4) is 0 Å². The number of nitrogen functional groups attached to an aromatic ring is 1. The maximum absolute atomic E-state index is 11.8. The molecule has 0 spiro atoms. The van der Waals surface area contributed by atoms with E-state index in [0.717, 1.165) is 11.1 Å². The van der Waals surface area contributed by atoms with Gasteiger partial charge in [-0.15, -0.1) is 0 Å². The fourth-order valence-electron chi connectivity index (χ4n) is 1.59. The number of nitrogens with zero attached hydrogens (tertiary/aromatic N) is 1. The van der Waals surface area contributed by atoms with Gasteiger partial charge in [-0.05, 0) is 42.3 Å². The van der Waals surface area contributed by atoms with E-state index < -0.39 is 0 Å². The van der Waals surface area contributed by atoms with E-state index >= 15 is 0 Å². The van der Waals surface area contributed by atoms with Gasteiger partial charge < -0.3 is 5.73 Å². The van der Waals surface area contributed by atoms with Crippen molar-refractivity contribution in [3.05, 3.63) is 65.2 Å². The Bertz CT molecular complexity index is 603. The maximum atomic E-state index is 11.8. The Morgan fingerprint density at radius 1 is 1.16 bits per heavy atom. The molecule has 0 saturated heterocycles. The molecule has 0 aliphatic carbocycles. The number of nitrogens with one attached hydrogen (secondary N) is 1. The van der Waals surface area contributed by atoms with Crippen molar-refractivity contribution in [3.63, 3.8) is 0 Å². The molecule has 1 amide bonds. The number of rotatable bonds is 3. The molecular formula is C15H15N3O. The quantitative estimate of drug-likeness (QED) is 0.501. The Morgan fingerprint density at radius 3 is 2.53 bits per heavy atom. The third kappa shape index (κ3) is 3.42. The minimum atomic E-state index is -0.259. The second-order valence-electron chi connectivity index (χ2n) is 4.18. The molecule has 0 aliphatic heterocycles. The van der Waals surface area contributed by atoms with Crippen molar-refractivity contribution >= 4 is 17.8 Å². The van der Waals surface area contributed by atoms with Crippen LogP contribution in [-0.2, 0) is 0 Å². The van der Waals surface area contributed by atoms with E-state index in [-0.39, 0.29) is 5.91 Å². The van der Waals surface area contributed by atoms with Crippen molar-refractivity contribution in [2.75, 3.05) is 5.73 Å². The maximum Gasteiger partial charge on any atom is 0.271 e. The van der Waals surface area contributed by atoms with Gasteiger partial charge >= 0.3 is 0 Å².